The van der Waals surface area contributed by atoms with Gasteiger partial charge in [0.1, 0.15) is 5.65 Å². The molecule has 168 valence electrons. The van der Waals surface area contributed by atoms with Crippen LogP contribution >= 0.6 is 0 Å². The summed E-state index contributed by atoms with van der Waals surface area (Å²) < 4.78 is 30.7. The molecular weight excluding hydrogens is 422 g/mol. The molecule has 0 amide bonds. The number of nitrogens with one attached hydrogen (secondary N) is 2. The van der Waals surface area contributed by atoms with E-state index in [1.807, 2.05) is 37.2 Å². The summed E-state index contributed by atoms with van der Waals surface area (Å²) in [7, 11) is 0.293. The summed E-state index contributed by atoms with van der Waals surface area (Å²) in [6, 6.07) is 9.94. The maximum absolute atomic E-state index is 12.9. The van der Waals surface area contributed by atoms with Crippen LogP contribution in [0, 0.1) is 5.92 Å². The van der Waals surface area contributed by atoms with Crippen LogP contribution in [-0.2, 0) is 16.6 Å². The molecule has 1 aliphatic rings. The highest BCUT2D eigenvalue weighted by atomic mass is 32.2. The van der Waals surface area contributed by atoms with Crippen LogP contribution in [-0.4, -0.2) is 45.2 Å². The zero-order valence-electron chi connectivity index (χ0n) is 18.7. The fourth-order valence-electron chi connectivity index (χ4n) is 3.85. The Morgan fingerprint density at radius 3 is 2.78 bits per heavy atom. The number of nitrogens with zero attached hydrogens (tertiary/aromatic N) is 3. The van der Waals surface area contributed by atoms with Gasteiger partial charge in [0.2, 0.25) is 0 Å². The number of hydrogen-bond donors (Lipinski definition) is 2. The molecule has 2 aromatic heterocycles. The van der Waals surface area contributed by atoms with E-state index in [-0.39, 0.29) is 4.91 Å². The van der Waals surface area contributed by atoms with Crippen LogP contribution in [0.4, 0.5) is 11.4 Å². The monoisotopic (exact) mass is 451 g/mol. The highest BCUT2D eigenvalue weighted by Crippen LogP contribution is 2.37. The number of fused-ring (bicyclic) bond motifs is 1. The molecule has 2 N–H and O–H groups in total. The molecule has 3 heterocycles. The van der Waals surface area contributed by atoms with Crippen LogP contribution in [0.1, 0.15) is 6.92 Å². The minimum Gasteiger partial charge on any atom is -0.378 e. The molecule has 1 saturated heterocycles. The Bertz CT molecular complexity index is 1290. The molecule has 1 aliphatic heterocycles. The van der Waals surface area contributed by atoms with Gasteiger partial charge in [0, 0.05) is 63.3 Å². The topological polar surface area (TPSA) is 79.3 Å². The van der Waals surface area contributed by atoms with Gasteiger partial charge in [-0.3, -0.25) is 4.72 Å². The second kappa shape index (κ2) is 8.80. The number of aromatic nitrogens is 2. The van der Waals surface area contributed by atoms with Crippen LogP contribution in [0.15, 0.2) is 66.4 Å². The first-order chi connectivity index (χ1) is 15.3. The molecule has 0 radical (unpaired) electrons. The summed E-state index contributed by atoms with van der Waals surface area (Å²) in [5, 5.41) is 4.11. The summed E-state index contributed by atoms with van der Waals surface area (Å²) in [6.45, 7) is 7.93. The fourth-order valence-corrected chi connectivity index (χ4v) is 4.74. The Hall–Kier alpha value is -3.10. The molecule has 0 aliphatic carbocycles. The number of anilines is 2. The maximum atomic E-state index is 12.9. The lowest BCUT2D eigenvalue weighted by Gasteiger charge is -2.27. The minimum atomic E-state index is -3.71. The van der Waals surface area contributed by atoms with Crippen LogP contribution in [0.3, 0.4) is 0 Å². The normalized spacial score (nSPS) is 14.9. The quantitative estimate of drug-likeness (QED) is 0.509. The standard InChI is InChI=1S/C24H29N5O2S/c1-5-7-17(2)32(30,31)27-22-10-11-26-24-23(22)21(16-29(24)15-18-13-25-14-18)19-8-6-9-20(12-19)28(3)4/h5-12,16,18,25H,1,13-15H2,2-4H3,(H,26,27)/b17-7+. The van der Waals surface area contributed by atoms with E-state index in [0.29, 0.717) is 11.6 Å². The highest BCUT2D eigenvalue weighted by molar-refractivity contribution is 7.96. The van der Waals surface area contributed by atoms with Crippen molar-refractivity contribution < 1.29 is 8.42 Å². The van der Waals surface area contributed by atoms with Crippen molar-refractivity contribution in [1.82, 2.24) is 14.9 Å². The first kappa shape index (κ1) is 22.1. The van der Waals surface area contributed by atoms with E-state index < -0.39 is 10.0 Å². The van der Waals surface area contributed by atoms with E-state index in [2.05, 4.69) is 38.4 Å². The van der Waals surface area contributed by atoms with Gasteiger partial charge in [-0.2, -0.15) is 0 Å². The Labute approximate surface area is 189 Å². The van der Waals surface area contributed by atoms with E-state index >= 15 is 0 Å². The van der Waals surface area contributed by atoms with Gasteiger partial charge in [0.15, 0.2) is 0 Å². The molecule has 0 atom stereocenters. The summed E-state index contributed by atoms with van der Waals surface area (Å²) in [4.78, 5) is 6.89. The Morgan fingerprint density at radius 2 is 2.12 bits per heavy atom. The zero-order chi connectivity index (χ0) is 22.9. The zero-order valence-corrected chi connectivity index (χ0v) is 19.5. The number of rotatable bonds is 8. The lowest BCUT2D eigenvalue weighted by atomic mass is 10.0. The Balaban J connectivity index is 1.89. The molecule has 1 fully saturated rings. The van der Waals surface area contributed by atoms with Gasteiger partial charge in [-0.1, -0.05) is 24.8 Å². The molecular formula is C24H29N5O2S. The Kier molecular flexibility index (Phi) is 6.08. The first-order valence-electron chi connectivity index (χ1n) is 10.6. The maximum Gasteiger partial charge on any atom is 0.257 e. The van der Waals surface area contributed by atoms with Gasteiger partial charge in [-0.25, -0.2) is 13.4 Å². The van der Waals surface area contributed by atoms with E-state index in [1.165, 1.54) is 12.2 Å². The van der Waals surface area contributed by atoms with E-state index in [0.717, 1.165) is 47.5 Å². The number of hydrogen-bond acceptors (Lipinski definition) is 5. The number of sulfonamides is 1. The fraction of sp³-hybridized carbons (Fsp3) is 0.292. The molecule has 32 heavy (non-hydrogen) atoms. The van der Waals surface area contributed by atoms with Crippen molar-refractivity contribution in [1.29, 1.82) is 0 Å². The molecule has 0 unspecified atom stereocenters. The van der Waals surface area contributed by atoms with Crippen molar-refractivity contribution in [2.24, 2.45) is 5.92 Å². The van der Waals surface area contributed by atoms with E-state index in [1.54, 1.807) is 19.2 Å². The SMILES string of the molecule is C=C/C=C(\C)S(=O)(=O)Nc1ccnc2c1c(-c1cccc(N(C)C)c1)cn2CC1CNC1. The summed E-state index contributed by atoms with van der Waals surface area (Å²) in [5.74, 6) is 0.534. The average molecular weight is 452 g/mol. The third-order valence-corrected chi connectivity index (χ3v) is 7.25. The van der Waals surface area contributed by atoms with Crippen molar-refractivity contribution in [3.8, 4) is 11.1 Å². The molecule has 0 saturated carbocycles. The van der Waals surface area contributed by atoms with Crippen molar-refractivity contribution >= 4 is 32.4 Å². The van der Waals surface area contributed by atoms with Crippen molar-refractivity contribution in [2.45, 2.75) is 13.5 Å². The van der Waals surface area contributed by atoms with Crippen LogP contribution in [0.2, 0.25) is 0 Å². The molecule has 8 heteroatoms. The molecule has 0 spiro atoms. The average Bonchev–Trinajstić information content (AvgIpc) is 3.10. The number of allylic oxidation sites excluding steroid dienone is 3. The van der Waals surface area contributed by atoms with Crippen LogP contribution < -0.4 is 14.9 Å². The lowest BCUT2D eigenvalue weighted by Crippen LogP contribution is -2.44. The molecule has 7 nitrogen and oxygen atoms in total. The number of pyridine rings is 1. The van der Waals surface area contributed by atoms with Gasteiger partial charge in [0.25, 0.3) is 10.0 Å². The summed E-state index contributed by atoms with van der Waals surface area (Å²) in [6.07, 6.45) is 6.70. The first-order valence-corrected chi connectivity index (χ1v) is 12.1. The smallest absolute Gasteiger partial charge is 0.257 e. The van der Waals surface area contributed by atoms with Gasteiger partial charge in [-0.05, 0) is 36.8 Å². The minimum absolute atomic E-state index is 0.202. The molecule has 0 bridgehead atoms. The van der Waals surface area contributed by atoms with Gasteiger partial charge >= 0.3 is 0 Å². The molecule has 1 aromatic carbocycles. The van der Waals surface area contributed by atoms with Crippen molar-refractivity contribution in [3.05, 3.63) is 66.4 Å². The van der Waals surface area contributed by atoms with Gasteiger partial charge in [-0.15, -0.1) is 0 Å². The van der Waals surface area contributed by atoms with Crippen LogP contribution in [0.5, 0.6) is 0 Å². The van der Waals surface area contributed by atoms with Gasteiger partial charge in [0.05, 0.1) is 16.0 Å². The third kappa shape index (κ3) is 4.28. The van der Waals surface area contributed by atoms with Crippen molar-refractivity contribution in [2.75, 3.05) is 36.8 Å². The van der Waals surface area contributed by atoms with E-state index in [9.17, 15) is 8.42 Å². The highest BCUT2D eigenvalue weighted by Gasteiger charge is 2.23. The molecule has 3 aromatic rings. The Morgan fingerprint density at radius 1 is 1.34 bits per heavy atom. The predicted octanol–water partition coefficient (Wildman–Crippen LogP) is 3.82. The number of benzene rings is 1. The van der Waals surface area contributed by atoms with Crippen molar-refractivity contribution in [3.63, 3.8) is 0 Å². The lowest BCUT2D eigenvalue weighted by molar-refractivity contribution is 0.310. The van der Waals surface area contributed by atoms with Gasteiger partial charge < -0.3 is 14.8 Å². The largest absolute Gasteiger partial charge is 0.378 e. The third-order valence-electron chi connectivity index (χ3n) is 5.77. The summed E-state index contributed by atoms with van der Waals surface area (Å²) >= 11 is 0. The van der Waals surface area contributed by atoms with Crippen LogP contribution in [0.25, 0.3) is 22.2 Å². The second-order valence-corrected chi connectivity index (χ2v) is 10.2. The predicted molar refractivity (Wildman–Crippen MR) is 132 cm³/mol. The molecule has 4 rings (SSSR count). The summed E-state index contributed by atoms with van der Waals surface area (Å²) in [5.41, 5.74) is 4.32. The second-order valence-electron chi connectivity index (χ2n) is 8.34. The van der Waals surface area contributed by atoms with E-state index in [4.69, 9.17) is 0 Å².